The molecule has 0 heterocycles. The van der Waals surface area contributed by atoms with Crippen LogP contribution in [-0.4, -0.2) is 55.5 Å². The SMILES string of the molecule is CCCCN(CC(=O)NC)CC(C)Cc1cccc(CN(CCC(C)C)CC(C)C)c1. The Morgan fingerprint density at radius 2 is 1.68 bits per heavy atom. The van der Waals surface area contributed by atoms with Crippen molar-refractivity contribution in [3.05, 3.63) is 35.4 Å². The molecule has 0 saturated heterocycles. The maximum atomic E-state index is 11.9. The average molecular weight is 432 g/mol. The quantitative estimate of drug-likeness (QED) is 0.390. The van der Waals surface area contributed by atoms with E-state index in [1.807, 2.05) is 0 Å². The molecule has 0 bridgehead atoms. The predicted octanol–water partition coefficient (Wildman–Crippen LogP) is 5.22. The molecule has 1 unspecified atom stereocenters. The second kappa shape index (κ2) is 15.4. The molecule has 4 heteroatoms. The van der Waals surface area contributed by atoms with E-state index >= 15 is 0 Å². The summed E-state index contributed by atoms with van der Waals surface area (Å²) in [6.45, 7) is 19.6. The van der Waals surface area contributed by atoms with Crippen LogP contribution in [0.1, 0.15) is 71.9 Å². The highest BCUT2D eigenvalue weighted by molar-refractivity contribution is 5.77. The minimum absolute atomic E-state index is 0.108. The van der Waals surface area contributed by atoms with E-state index in [-0.39, 0.29) is 5.91 Å². The Kier molecular flexibility index (Phi) is 13.7. The largest absolute Gasteiger partial charge is 0.358 e. The lowest BCUT2D eigenvalue weighted by molar-refractivity contribution is -0.121. The summed E-state index contributed by atoms with van der Waals surface area (Å²) in [5.74, 6) is 2.05. The highest BCUT2D eigenvalue weighted by Gasteiger charge is 2.15. The lowest BCUT2D eigenvalue weighted by Crippen LogP contribution is -2.38. The van der Waals surface area contributed by atoms with E-state index < -0.39 is 0 Å². The van der Waals surface area contributed by atoms with Crippen molar-refractivity contribution in [2.45, 2.75) is 73.8 Å². The normalized spacial score (nSPS) is 12.9. The van der Waals surface area contributed by atoms with E-state index in [4.69, 9.17) is 0 Å². The molecule has 1 atom stereocenters. The summed E-state index contributed by atoms with van der Waals surface area (Å²) in [5.41, 5.74) is 2.83. The zero-order chi connectivity index (χ0) is 23.2. The summed E-state index contributed by atoms with van der Waals surface area (Å²) in [7, 11) is 1.72. The Morgan fingerprint density at radius 3 is 2.29 bits per heavy atom. The lowest BCUT2D eigenvalue weighted by Gasteiger charge is -2.26. The first-order chi connectivity index (χ1) is 14.7. The van der Waals surface area contributed by atoms with Crippen LogP contribution in [0.3, 0.4) is 0 Å². The third kappa shape index (κ3) is 12.9. The highest BCUT2D eigenvalue weighted by atomic mass is 16.1. The lowest BCUT2D eigenvalue weighted by atomic mass is 9.98. The van der Waals surface area contributed by atoms with Crippen LogP contribution in [0.2, 0.25) is 0 Å². The Labute approximate surface area is 192 Å². The van der Waals surface area contributed by atoms with Gasteiger partial charge in [0.15, 0.2) is 0 Å². The summed E-state index contributed by atoms with van der Waals surface area (Å²) in [5, 5.41) is 2.77. The van der Waals surface area contributed by atoms with Crippen LogP contribution in [0.4, 0.5) is 0 Å². The minimum atomic E-state index is 0.108. The fourth-order valence-corrected chi connectivity index (χ4v) is 4.11. The van der Waals surface area contributed by atoms with E-state index in [1.54, 1.807) is 7.05 Å². The van der Waals surface area contributed by atoms with Crippen molar-refractivity contribution in [1.29, 1.82) is 0 Å². The molecular weight excluding hydrogens is 382 g/mol. The van der Waals surface area contributed by atoms with Crippen LogP contribution < -0.4 is 5.32 Å². The van der Waals surface area contributed by atoms with Gasteiger partial charge >= 0.3 is 0 Å². The standard InChI is InChI=1S/C27H49N3O/c1-8-9-14-29(21-27(31)28-7)19-24(6)16-25-11-10-12-26(17-25)20-30(18-23(4)5)15-13-22(2)3/h10-12,17,22-24H,8-9,13-16,18-21H2,1-7H3,(H,28,31). The van der Waals surface area contributed by atoms with E-state index in [9.17, 15) is 4.79 Å². The van der Waals surface area contributed by atoms with Gasteiger partial charge in [-0.15, -0.1) is 0 Å². The zero-order valence-electron chi connectivity index (χ0n) is 21.4. The number of nitrogens with one attached hydrogen (secondary N) is 1. The second-order valence-corrected chi connectivity index (χ2v) is 10.2. The van der Waals surface area contributed by atoms with Gasteiger partial charge < -0.3 is 5.32 Å². The third-order valence-electron chi connectivity index (χ3n) is 5.67. The molecule has 31 heavy (non-hydrogen) atoms. The first kappa shape index (κ1) is 27.6. The number of likely N-dealkylation sites (N-methyl/N-ethyl adjacent to an activating group) is 1. The smallest absolute Gasteiger partial charge is 0.233 e. The molecule has 0 aromatic heterocycles. The number of carbonyl (C=O) groups excluding carboxylic acids is 1. The number of carbonyl (C=O) groups is 1. The van der Waals surface area contributed by atoms with Crippen molar-refractivity contribution in [1.82, 2.24) is 15.1 Å². The van der Waals surface area contributed by atoms with Gasteiger partial charge in [0.1, 0.15) is 0 Å². The van der Waals surface area contributed by atoms with Gasteiger partial charge in [-0.25, -0.2) is 0 Å². The van der Waals surface area contributed by atoms with Gasteiger partial charge in [0.05, 0.1) is 6.54 Å². The molecule has 0 spiro atoms. The second-order valence-electron chi connectivity index (χ2n) is 10.2. The topological polar surface area (TPSA) is 35.6 Å². The summed E-state index contributed by atoms with van der Waals surface area (Å²) in [6.07, 6.45) is 4.61. The molecule has 4 nitrogen and oxygen atoms in total. The van der Waals surface area contributed by atoms with Gasteiger partial charge in [-0.2, -0.15) is 0 Å². The number of rotatable bonds is 16. The van der Waals surface area contributed by atoms with Crippen molar-refractivity contribution in [3.63, 3.8) is 0 Å². The molecule has 0 aliphatic heterocycles. The van der Waals surface area contributed by atoms with E-state index in [0.717, 1.165) is 51.4 Å². The van der Waals surface area contributed by atoms with Gasteiger partial charge in [-0.05, 0) is 61.2 Å². The van der Waals surface area contributed by atoms with Gasteiger partial charge in [0.2, 0.25) is 5.91 Å². The van der Waals surface area contributed by atoms with Crippen molar-refractivity contribution < 1.29 is 4.79 Å². The van der Waals surface area contributed by atoms with Gasteiger partial charge in [-0.3, -0.25) is 14.6 Å². The number of unbranched alkanes of at least 4 members (excludes halogenated alkanes) is 1. The summed E-state index contributed by atoms with van der Waals surface area (Å²) >= 11 is 0. The summed E-state index contributed by atoms with van der Waals surface area (Å²) in [6, 6.07) is 9.15. The van der Waals surface area contributed by atoms with Crippen molar-refractivity contribution in [3.8, 4) is 0 Å². The van der Waals surface area contributed by atoms with Crippen molar-refractivity contribution in [2.24, 2.45) is 17.8 Å². The monoisotopic (exact) mass is 431 g/mol. The van der Waals surface area contributed by atoms with E-state index in [2.05, 4.69) is 80.9 Å². The number of hydrogen-bond acceptors (Lipinski definition) is 3. The van der Waals surface area contributed by atoms with Gasteiger partial charge in [0.25, 0.3) is 0 Å². The number of amides is 1. The van der Waals surface area contributed by atoms with Gasteiger partial charge in [-0.1, -0.05) is 72.2 Å². The molecule has 1 aromatic rings. The van der Waals surface area contributed by atoms with Crippen LogP contribution in [0.5, 0.6) is 0 Å². The highest BCUT2D eigenvalue weighted by Crippen LogP contribution is 2.16. The fourth-order valence-electron chi connectivity index (χ4n) is 4.11. The van der Waals surface area contributed by atoms with E-state index in [0.29, 0.717) is 18.4 Å². The molecule has 0 radical (unpaired) electrons. The van der Waals surface area contributed by atoms with Crippen LogP contribution >= 0.6 is 0 Å². The molecule has 1 aromatic carbocycles. The maximum Gasteiger partial charge on any atom is 0.233 e. The molecule has 0 saturated carbocycles. The molecule has 0 aliphatic carbocycles. The van der Waals surface area contributed by atoms with Crippen LogP contribution in [0.15, 0.2) is 24.3 Å². The summed E-state index contributed by atoms with van der Waals surface area (Å²) in [4.78, 5) is 16.8. The van der Waals surface area contributed by atoms with Crippen LogP contribution in [-0.2, 0) is 17.8 Å². The van der Waals surface area contributed by atoms with Crippen LogP contribution in [0.25, 0.3) is 0 Å². The van der Waals surface area contributed by atoms with Gasteiger partial charge in [0, 0.05) is 26.7 Å². The molecule has 1 amide bonds. The molecule has 1 N–H and O–H groups in total. The maximum absolute atomic E-state index is 11.9. The van der Waals surface area contributed by atoms with E-state index in [1.165, 1.54) is 24.1 Å². The summed E-state index contributed by atoms with van der Waals surface area (Å²) < 4.78 is 0. The average Bonchev–Trinajstić information content (AvgIpc) is 2.69. The first-order valence-electron chi connectivity index (χ1n) is 12.5. The molecule has 0 aliphatic rings. The predicted molar refractivity (Wildman–Crippen MR) is 134 cm³/mol. The van der Waals surface area contributed by atoms with Crippen LogP contribution in [0, 0.1) is 17.8 Å². The van der Waals surface area contributed by atoms with Crippen molar-refractivity contribution >= 4 is 5.91 Å². The number of hydrogen-bond donors (Lipinski definition) is 1. The Balaban J connectivity index is 2.71. The number of nitrogens with zero attached hydrogens (tertiary/aromatic N) is 2. The molecule has 1 rings (SSSR count). The molecule has 0 fully saturated rings. The molecular formula is C27H49N3O. The Morgan fingerprint density at radius 1 is 0.968 bits per heavy atom. The first-order valence-corrected chi connectivity index (χ1v) is 12.5. The Bertz CT molecular complexity index is 614. The molecule has 178 valence electrons. The Hall–Kier alpha value is -1.39. The van der Waals surface area contributed by atoms with Crippen molar-refractivity contribution in [2.75, 3.05) is 39.8 Å². The number of benzene rings is 1. The zero-order valence-corrected chi connectivity index (χ0v) is 21.4. The third-order valence-corrected chi connectivity index (χ3v) is 5.67. The fraction of sp³-hybridized carbons (Fsp3) is 0.741. The minimum Gasteiger partial charge on any atom is -0.358 e.